The monoisotopic (exact) mass is 477 g/mol. The molecule has 184 valence electrons. The van der Waals surface area contributed by atoms with Crippen LogP contribution in [0.1, 0.15) is 57.4 Å². The van der Waals surface area contributed by atoms with Crippen molar-refractivity contribution in [3.8, 4) is 0 Å². The first-order chi connectivity index (χ1) is 15.9. The molecule has 1 aliphatic carbocycles. The summed E-state index contributed by atoms with van der Waals surface area (Å²) in [5, 5.41) is 0. The second-order valence-electron chi connectivity index (χ2n) is 9.18. The number of anilines is 1. The summed E-state index contributed by atoms with van der Waals surface area (Å²) in [5.74, 6) is -2.02. The second-order valence-corrected chi connectivity index (χ2v) is 9.18. The Hall–Kier alpha value is -3.10. The van der Waals surface area contributed by atoms with Crippen molar-refractivity contribution < 1.29 is 27.6 Å². The fourth-order valence-electron chi connectivity index (χ4n) is 4.66. The van der Waals surface area contributed by atoms with E-state index in [1.54, 1.807) is 0 Å². The predicted molar refractivity (Wildman–Crippen MR) is 122 cm³/mol. The third kappa shape index (κ3) is 4.88. The van der Waals surface area contributed by atoms with Gasteiger partial charge in [-0.15, -0.1) is 0 Å². The van der Waals surface area contributed by atoms with Crippen molar-refractivity contribution in [3.05, 3.63) is 52.7 Å². The van der Waals surface area contributed by atoms with E-state index in [4.69, 9.17) is 5.73 Å². The van der Waals surface area contributed by atoms with E-state index < -0.39 is 34.9 Å². The lowest BCUT2D eigenvalue weighted by molar-refractivity contribution is -0.142. The summed E-state index contributed by atoms with van der Waals surface area (Å²) >= 11 is 0. The maximum absolute atomic E-state index is 13.8. The molecule has 1 atom stereocenters. The highest BCUT2D eigenvalue weighted by Crippen LogP contribution is 2.44. The molecule has 0 radical (unpaired) electrons. The van der Waals surface area contributed by atoms with Gasteiger partial charge in [0.25, 0.3) is 5.91 Å². The standard InChI is InChI=1S/C25H30F3N3O3/c1-16-20(21(32)30(2)3)15-24(22(29)33,13-12-17-8-5-4-6-9-17)23(34)31(16)19-11-7-10-18(14-19)25(26,27)28/h7-8,10-11,14H,4-6,9,12-13,15H2,1-3H3,(H2,29,33). The fourth-order valence-corrected chi connectivity index (χ4v) is 4.66. The van der Waals surface area contributed by atoms with Crippen LogP contribution in [0.4, 0.5) is 18.9 Å². The quantitative estimate of drug-likeness (QED) is 0.482. The largest absolute Gasteiger partial charge is 0.416 e. The maximum Gasteiger partial charge on any atom is 0.416 e. The van der Waals surface area contributed by atoms with E-state index >= 15 is 0 Å². The second kappa shape index (κ2) is 9.64. The van der Waals surface area contributed by atoms with Crippen LogP contribution in [0.3, 0.4) is 0 Å². The smallest absolute Gasteiger partial charge is 0.369 e. The van der Waals surface area contributed by atoms with Gasteiger partial charge in [-0.1, -0.05) is 17.7 Å². The first kappa shape index (κ1) is 25.5. The minimum atomic E-state index is -4.62. The number of amides is 3. The van der Waals surface area contributed by atoms with Gasteiger partial charge in [0.05, 0.1) is 5.56 Å². The average Bonchev–Trinajstić information content (AvgIpc) is 2.78. The van der Waals surface area contributed by atoms with Crippen LogP contribution in [0.15, 0.2) is 47.2 Å². The number of allylic oxidation sites excluding steroid dienone is 3. The summed E-state index contributed by atoms with van der Waals surface area (Å²) in [5.41, 5.74) is 4.55. The van der Waals surface area contributed by atoms with Crippen molar-refractivity contribution in [2.45, 2.75) is 58.0 Å². The Morgan fingerprint density at radius 3 is 2.47 bits per heavy atom. The van der Waals surface area contributed by atoms with Crippen LogP contribution in [-0.2, 0) is 20.6 Å². The van der Waals surface area contributed by atoms with Crippen LogP contribution in [0, 0.1) is 5.41 Å². The zero-order chi connectivity index (χ0) is 25.3. The van der Waals surface area contributed by atoms with E-state index in [1.165, 1.54) is 38.1 Å². The molecule has 2 N–H and O–H groups in total. The van der Waals surface area contributed by atoms with Crippen molar-refractivity contribution in [1.29, 1.82) is 0 Å². The maximum atomic E-state index is 13.8. The zero-order valence-corrected chi connectivity index (χ0v) is 19.7. The zero-order valence-electron chi connectivity index (χ0n) is 19.7. The minimum Gasteiger partial charge on any atom is -0.369 e. The van der Waals surface area contributed by atoms with Crippen LogP contribution in [-0.4, -0.2) is 36.7 Å². The van der Waals surface area contributed by atoms with Gasteiger partial charge in [0.1, 0.15) is 5.41 Å². The molecule has 2 aliphatic rings. The number of alkyl halides is 3. The normalized spacial score (nSPS) is 21.4. The number of benzene rings is 1. The van der Waals surface area contributed by atoms with Gasteiger partial charge < -0.3 is 10.6 Å². The van der Waals surface area contributed by atoms with Crippen molar-refractivity contribution >= 4 is 23.4 Å². The Kier molecular flexibility index (Phi) is 7.24. The van der Waals surface area contributed by atoms with Crippen molar-refractivity contribution in [2.24, 2.45) is 11.1 Å². The average molecular weight is 478 g/mol. The van der Waals surface area contributed by atoms with Gasteiger partial charge in [0.2, 0.25) is 11.8 Å². The van der Waals surface area contributed by atoms with E-state index in [1.807, 2.05) is 0 Å². The molecule has 0 saturated heterocycles. The van der Waals surface area contributed by atoms with Gasteiger partial charge in [-0.3, -0.25) is 19.3 Å². The number of likely N-dealkylation sites (N-methyl/N-ethyl adjacent to an activating group) is 1. The van der Waals surface area contributed by atoms with Crippen molar-refractivity contribution in [1.82, 2.24) is 4.90 Å². The van der Waals surface area contributed by atoms with Gasteiger partial charge in [0, 0.05) is 37.5 Å². The Labute approximate surface area is 197 Å². The molecular weight excluding hydrogens is 447 g/mol. The highest BCUT2D eigenvalue weighted by atomic mass is 19.4. The molecule has 1 aliphatic heterocycles. The summed E-state index contributed by atoms with van der Waals surface area (Å²) in [7, 11) is 3.07. The molecule has 0 fully saturated rings. The van der Waals surface area contributed by atoms with Gasteiger partial charge in [-0.2, -0.15) is 13.2 Å². The first-order valence-corrected chi connectivity index (χ1v) is 11.3. The third-order valence-electron chi connectivity index (χ3n) is 6.69. The number of halogens is 3. The van der Waals surface area contributed by atoms with E-state index in [0.717, 1.165) is 48.3 Å². The molecule has 3 amide bonds. The van der Waals surface area contributed by atoms with Crippen LogP contribution in [0.5, 0.6) is 0 Å². The van der Waals surface area contributed by atoms with Gasteiger partial charge in [-0.25, -0.2) is 0 Å². The molecular formula is C25H30F3N3O3. The van der Waals surface area contributed by atoms with Gasteiger partial charge in [0.15, 0.2) is 0 Å². The SMILES string of the molecule is CC1=C(C(=O)N(C)C)CC(CCC2=CCCCC2)(C(N)=O)C(=O)N1c1cccc(C(F)(F)F)c1. The molecule has 0 spiro atoms. The lowest BCUT2D eigenvalue weighted by atomic mass is 9.71. The summed E-state index contributed by atoms with van der Waals surface area (Å²) in [6, 6.07) is 4.30. The minimum absolute atomic E-state index is 0.0661. The third-order valence-corrected chi connectivity index (χ3v) is 6.69. The van der Waals surface area contributed by atoms with Crippen LogP contribution >= 0.6 is 0 Å². The molecule has 3 rings (SSSR count). The molecule has 1 heterocycles. The van der Waals surface area contributed by atoms with E-state index in [9.17, 15) is 27.6 Å². The molecule has 1 aromatic rings. The van der Waals surface area contributed by atoms with Gasteiger partial charge >= 0.3 is 6.18 Å². The van der Waals surface area contributed by atoms with Crippen LogP contribution in [0.25, 0.3) is 0 Å². The number of nitrogens with zero attached hydrogens (tertiary/aromatic N) is 2. The summed E-state index contributed by atoms with van der Waals surface area (Å²) in [6.45, 7) is 1.50. The number of carbonyl (C=O) groups is 3. The molecule has 1 aromatic carbocycles. The number of hydrogen-bond acceptors (Lipinski definition) is 3. The van der Waals surface area contributed by atoms with Crippen LogP contribution in [0.2, 0.25) is 0 Å². The summed E-state index contributed by atoms with van der Waals surface area (Å²) in [4.78, 5) is 42.1. The highest BCUT2D eigenvalue weighted by molar-refractivity contribution is 6.16. The molecule has 0 aromatic heterocycles. The molecule has 34 heavy (non-hydrogen) atoms. The molecule has 1 unspecified atom stereocenters. The number of primary amides is 1. The summed E-state index contributed by atoms with van der Waals surface area (Å²) < 4.78 is 40.2. The number of carbonyl (C=O) groups excluding carboxylic acids is 3. The molecule has 6 nitrogen and oxygen atoms in total. The molecule has 0 saturated carbocycles. The van der Waals surface area contributed by atoms with E-state index in [0.29, 0.717) is 6.42 Å². The van der Waals surface area contributed by atoms with Crippen molar-refractivity contribution in [3.63, 3.8) is 0 Å². The molecule has 9 heteroatoms. The Balaban J connectivity index is 2.14. The Bertz CT molecular complexity index is 1060. The van der Waals surface area contributed by atoms with Gasteiger partial charge in [-0.05, 0) is 63.6 Å². The lowest BCUT2D eigenvalue weighted by Crippen LogP contribution is -2.55. The number of nitrogens with two attached hydrogens (primary N) is 1. The lowest BCUT2D eigenvalue weighted by Gasteiger charge is -2.41. The Morgan fingerprint density at radius 2 is 1.91 bits per heavy atom. The fraction of sp³-hybridized carbons (Fsp3) is 0.480. The molecule has 0 bridgehead atoms. The number of rotatable bonds is 6. The Morgan fingerprint density at radius 1 is 1.21 bits per heavy atom. The van der Waals surface area contributed by atoms with E-state index in [-0.39, 0.29) is 29.8 Å². The van der Waals surface area contributed by atoms with Crippen LogP contribution < -0.4 is 10.6 Å². The topological polar surface area (TPSA) is 83.7 Å². The van der Waals surface area contributed by atoms with E-state index in [2.05, 4.69) is 6.08 Å². The number of hydrogen-bond donors (Lipinski definition) is 1. The summed E-state index contributed by atoms with van der Waals surface area (Å²) in [6.07, 6.45) is 1.71. The highest BCUT2D eigenvalue weighted by Gasteiger charge is 2.52. The first-order valence-electron chi connectivity index (χ1n) is 11.3. The predicted octanol–water partition coefficient (Wildman–Crippen LogP) is 4.56. The van der Waals surface area contributed by atoms with Crippen molar-refractivity contribution in [2.75, 3.05) is 19.0 Å².